The number of rotatable bonds is 2. The maximum Gasteiger partial charge on any atom is 0.162 e. The van der Waals surface area contributed by atoms with E-state index in [9.17, 15) is 0 Å². The summed E-state index contributed by atoms with van der Waals surface area (Å²) in [6.07, 6.45) is 0. The predicted molar refractivity (Wildman–Crippen MR) is 86.3 cm³/mol. The number of hydrogen-bond acceptors (Lipinski definition) is 3. The van der Waals surface area contributed by atoms with Crippen LogP contribution in [-0.4, -0.2) is 17.1 Å². The third-order valence-electron chi connectivity index (χ3n) is 3.22. The molecule has 0 unspecified atom stereocenters. The lowest BCUT2D eigenvalue weighted by molar-refractivity contribution is 0.415. The molecule has 2 aromatic carbocycles. The fourth-order valence-electron chi connectivity index (χ4n) is 2.12. The van der Waals surface area contributed by atoms with Gasteiger partial charge in [-0.05, 0) is 36.8 Å². The second-order valence-corrected chi connectivity index (χ2v) is 5.47. The second kappa shape index (κ2) is 5.51. The van der Waals surface area contributed by atoms with E-state index in [-0.39, 0.29) is 0 Å². The van der Waals surface area contributed by atoms with Crippen molar-refractivity contribution in [1.82, 2.24) is 9.97 Å². The van der Waals surface area contributed by atoms with Crippen LogP contribution < -0.4 is 4.74 Å². The number of benzene rings is 2. The Balaban J connectivity index is 2.23. The van der Waals surface area contributed by atoms with E-state index in [2.05, 4.69) is 9.97 Å². The van der Waals surface area contributed by atoms with Gasteiger partial charge in [0.25, 0.3) is 0 Å². The van der Waals surface area contributed by atoms with Crippen molar-refractivity contribution in [3.05, 3.63) is 52.1 Å². The van der Waals surface area contributed by atoms with Crippen molar-refractivity contribution in [3.8, 4) is 17.1 Å². The van der Waals surface area contributed by atoms with Gasteiger partial charge in [0, 0.05) is 17.0 Å². The zero-order valence-electron chi connectivity index (χ0n) is 11.5. The molecule has 3 aromatic rings. The lowest BCUT2D eigenvalue weighted by Gasteiger charge is -2.08. The summed E-state index contributed by atoms with van der Waals surface area (Å²) < 4.78 is 5.22. The summed E-state index contributed by atoms with van der Waals surface area (Å²) in [6, 6.07) is 11.2. The van der Waals surface area contributed by atoms with Gasteiger partial charge in [0.15, 0.2) is 5.82 Å². The molecule has 1 aromatic heterocycles. The molecule has 0 atom stereocenters. The van der Waals surface area contributed by atoms with Gasteiger partial charge in [0.05, 0.1) is 17.6 Å². The highest BCUT2D eigenvalue weighted by molar-refractivity contribution is 6.35. The van der Waals surface area contributed by atoms with Crippen molar-refractivity contribution >= 4 is 34.1 Å². The van der Waals surface area contributed by atoms with Crippen LogP contribution in [0.3, 0.4) is 0 Å². The maximum atomic E-state index is 6.28. The molecule has 21 heavy (non-hydrogen) atoms. The van der Waals surface area contributed by atoms with E-state index < -0.39 is 0 Å². The van der Waals surface area contributed by atoms with Crippen molar-refractivity contribution in [1.29, 1.82) is 0 Å². The Kier molecular flexibility index (Phi) is 3.70. The molecule has 0 saturated heterocycles. The molecule has 0 fully saturated rings. The first kappa shape index (κ1) is 14.1. The number of nitrogens with zero attached hydrogens (tertiary/aromatic N) is 2. The van der Waals surface area contributed by atoms with Crippen LogP contribution in [0.5, 0.6) is 5.75 Å². The standard InChI is InChI=1S/C16H12Cl2N2O/c1-9-3-5-11(13(17)7-9)16-19-14-8-10(21-2)4-6-12(14)15(18)20-16/h3-8H,1-2H3. The molecule has 0 bridgehead atoms. The normalized spacial score (nSPS) is 10.9. The molecular weight excluding hydrogens is 307 g/mol. The van der Waals surface area contributed by atoms with E-state index in [1.807, 2.05) is 43.3 Å². The van der Waals surface area contributed by atoms with E-state index in [0.29, 0.717) is 16.0 Å². The van der Waals surface area contributed by atoms with E-state index in [1.54, 1.807) is 7.11 Å². The highest BCUT2D eigenvalue weighted by atomic mass is 35.5. The van der Waals surface area contributed by atoms with Gasteiger partial charge in [-0.3, -0.25) is 0 Å². The molecule has 0 N–H and O–H groups in total. The second-order valence-electron chi connectivity index (χ2n) is 4.70. The summed E-state index contributed by atoms with van der Waals surface area (Å²) >= 11 is 12.5. The zero-order chi connectivity index (χ0) is 15.0. The molecule has 0 aliphatic heterocycles. The van der Waals surface area contributed by atoms with E-state index >= 15 is 0 Å². The van der Waals surface area contributed by atoms with Gasteiger partial charge in [0.1, 0.15) is 10.9 Å². The van der Waals surface area contributed by atoms with E-state index in [4.69, 9.17) is 27.9 Å². The van der Waals surface area contributed by atoms with Gasteiger partial charge in [-0.1, -0.05) is 29.3 Å². The Morgan fingerprint density at radius 1 is 1.00 bits per heavy atom. The largest absolute Gasteiger partial charge is 0.497 e. The summed E-state index contributed by atoms with van der Waals surface area (Å²) in [5.74, 6) is 1.23. The molecular formula is C16H12Cl2N2O. The molecule has 0 saturated carbocycles. The maximum absolute atomic E-state index is 6.28. The summed E-state index contributed by atoms with van der Waals surface area (Å²) in [7, 11) is 1.61. The highest BCUT2D eigenvalue weighted by Crippen LogP contribution is 2.31. The average Bonchev–Trinajstić information content (AvgIpc) is 2.46. The monoisotopic (exact) mass is 318 g/mol. The van der Waals surface area contributed by atoms with Gasteiger partial charge >= 0.3 is 0 Å². The number of halogens is 2. The third kappa shape index (κ3) is 2.67. The molecule has 0 amide bonds. The smallest absolute Gasteiger partial charge is 0.162 e. The molecule has 0 radical (unpaired) electrons. The lowest BCUT2D eigenvalue weighted by atomic mass is 10.1. The van der Waals surface area contributed by atoms with E-state index in [1.165, 1.54) is 0 Å². The van der Waals surface area contributed by atoms with E-state index in [0.717, 1.165) is 27.8 Å². The number of methoxy groups -OCH3 is 1. The molecule has 0 aliphatic carbocycles. The van der Waals surface area contributed by atoms with Crippen molar-refractivity contribution in [3.63, 3.8) is 0 Å². The van der Waals surface area contributed by atoms with Crippen LogP contribution in [0, 0.1) is 6.92 Å². The van der Waals surface area contributed by atoms with Gasteiger partial charge in [-0.15, -0.1) is 0 Å². The van der Waals surface area contributed by atoms with Gasteiger partial charge in [0.2, 0.25) is 0 Å². The van der Waals surface area contributed by atoms with Crippen LogP contribution in [-0.2, 0) is 0 Å². The number of aryl methyl sites for hydroxylation is 1. The van der Waals surface area contributed by atoms with Crippen molar-refractivity contribution in [2.75, 3.05) is 7.11 Å². The Morgan fingerprint density at radius 3 is 2.52 bits per heavy atom. The minimum atomic E-state index is 0.397. The summed E-state index contributed by atoms with van der Waals surface area (Å²) in [6.45, 7) is 1.98. The lowest BCUT2D eigenvalue weighted by Crippen LogP contribution is -1.94. The fourth-order valence-corrected chi connectivity index (χ4v) is 2.68. The van der Waals surface area contributed by atoms with Gasteiger partial charge < -0.3 is 4.74 Å². The van der Waals surface area contributed by atoms with Crippen molar-refractivity contribution in [2.45, 2.75) is 6.92 Å². The zero-order valence-corrected chi connectivity index (χ0v) is 13.0. The number of ether oxygens (including phenoxy) is 1. The van der Waals surface area contributed by atoms with Crippen molar-refractivity contribution < 1.29 is 4.74 Å². The molecule has 3 rings (SSSR count). The van der Waals surface area contributed by atoms with Gasteiger partial charge in [-0.2, -0.15) is 0 Å². The number of fused-ring (bicyclic) bond motifs is 1. The highest BCUT2D eigenvalue weighted by Gasteiger charge is 2.11. The predicted octanol–water partition coefficient (Wildman–Crippen LogP) is 4.92. The quantitative estimate of drug-likeness (QED) is 0.629. The van der Waals surface area contributed by atoms with Crippen LogP contribution in [0.1, 0.15) is 5.56 Å². The van der Waals surface area contributed by atoms with Gasteiger partial charge in [-0.25, -0.2) is 9.97 Å². The minimum absolute atomic E-state index is 0.397. The average molecular weight is 319 g/mol. The Hall–Kier alpha value is -1.84. The SMILES string of the molecule is COc1ccc2c(Cl)nc(-c3ccc(C)cc3Cl)nc2c1. The summed E-state index contributed by atoms with van der Waals surface area (Å²) in [5, 5.41) is 1.78. The van der Waals surface area contributed by atoms with Crippen molar-refractivity contribution in [2.24, 2.45) is 0 Å². The first-order valence-corrected chi connectivity index (χ1v) is 7.12. The van der Waals surface area contributed by atoms with Crippen LogP contribution >= 0.6 is 23.2 Å². The van der Waals surface area contributed by atoms with Crippen LogP contribution in [0.2, 0.25) is 10.2 Å². The number of aromatic nitrogens is 2. The van der Waals surface area contributed by atoms with Crippen LogP contribution in [0.15, 0.2) is 36.4 Å². The fraction of sp³-hybridized carbons (Fsp3) is 0.125. The molecule has 0 spiro atoms. The Morgan fingerprint density at radius 2 is 1.81 bits per heavy atom. The summed E-state index contributed by atoms with van der Waals surface area (Å²) in [5.41, 5.74) is 2.56. The van der Waals surface area contributed by atoms with Crippen LogP contribution in [0.4, 0.5) is 0 Å². The topological polar surface area (TPSA) is 35.0 Å². The minimum Gasteiger partial charge on any atom is -0.497 e. The molecule has 1 heterocycles. The van der Waals surface area contributed by atoms with Crippen LogP contribution in [0.25, 0.3) is 22.3 Å². The molecule has 3 nitrogen and oxygen atoms in total. The number of hydrogen-bond donors (Lipinski definition) is 0. The molecule has 106 valence electrons. The third-order valence-corrected chi connectivity index (χ3v) is 3.82. The first-order valence-electron chi connectivity index (χ1n) is 6.36. The molecule has 0 aliphatic rings. The molecule has 5 heteroatoms. The Bertz CT molecular complexity index is 834. The first-order chi connectivity index (χ1) is 10.1. The Labute approximate surface area is 132 Å². The summed E-state index contributed by atoms with van der Waals surface area (Å²) in [4.78, 5) is 8.89.